The maximum Gasteiger partial charge on any atom is 0.306 e. The Bertz CT molecular complexity index is 307. The highest BCUT2D eigenvalue weighted by molar-refractivity contribution is 5.69. The van der Waals surface area contributed by atoms with Gasteiger partial charge in [0.25, 0.3) is 0 Å². The fourth-order valence-corrected chi connectivity index (χ4v) is 3.05. The molecule has 0 amide bonds. The van der Waals surface area contributed by atoms with Gasteiger partial charge in [-0.2, -0.15) is 0 Å². The molecule has 0 saturated carbocycles. The number of aliphatic hydroxyl groups excluding tert-OH is 1. The fraction of sp³-hybridized carbons (Fsp3) is 0.955. The van der Waals surface area contributed by atoms with E-state index in [1.807, 2.05) is 20.8 Å². The molecule has 0 heterocycles. The van der Waals surface area contributed by atoms with Gasteiger partial charge in [-0.05, 0) is 40.0 Å². The first-order valence-corrected chi connectivity index (χ1v) is 10.7. The van der Waals surface area contributed by atoms with Gasteiger partial charge in [0, 0.05) is 6.42 Å². The minimum Gasteiger partial charge on any atom is -0.460 e. The SMILES string of the molecule is CCCCCCCCCC(O)CCCCCCCC(=O)OC(C)(C)C. The highest BCUT2D eigenvalue weighted by Gasteiger charge is 2.15. The van der Waals surface area contributed by atoms with Crippen molar-refractivity contribution in [1.82, 2.24) is 0 Å². The molecular weight excluding hydrogens is 312 g/mol. The van der Waals surface area contributed by atoms with Crippen LogP contribution in [0.5, 0.6) is 0 Å². The Labute approximate surface area is 156 Å². The van der Waals surface area contributed by atoms with Crippen molar-refractivity contribution in [3.05, 3.63) is 0 Å². The molecule has 3 nitrogen and oxygen atoms in total. The Balaban J connectivity index is 3.32. The summed E-state index contributed by atoms with van der Waals surface area (Å²) in [5.41, 5.74) is -0.372. The summed E-state index contributed by atoms with van der Waals surface area (Å²) in [6.45, 7) is 7.96. The van der Waals surface area contributed by atoms with Crippen LogP contribution in [0, 0.1) is 0 Å². The zero-order valence-corrected chi connectivity index (χ0v) is 17.4. The normalized spacial score (nSPS) is 13.0. The average Bonchev–Trinajstić information content (AvgIpc) is 2.51. The van der Waals surface area contributed by atoms with Crippen molar-refractivity contribution < 1.29 is 14.6 Å². The van der Waals surface area contributed by atoms with Crippen molar-refractivity contribution in [3.8, 4) is 0 Å². The number of esters is 1. The number of rotatable bonds is 16. The number of hydrogen-bond acceptors (Lipinski definition) is 3. The van der Waals surface area contributed by atoms with E-state index in [2.05, 4.69) is 6.92 Å². The maximum atomic E-state index is 11.6. The third-order valence-corrected chi connectivity index (χ3v) is 4.48. The van der Waals surface area contributed by atoms with Gasteiger partial charge >= 0.3 is 5.97 Å². The second kappa shape index (κ2) is 15.7. The van der Waals surface area contributed by atoms with Gasteiger partial charge in [-0.1, -0.05) is 77.6 Å². The molecule has 0 radical (unpaired) electrons. The Hall–Kier alpha value is -0.570. The number of aliphatic hydroxyl groups is 1. The smallest absolute Gasteiger partial charge is 0.306 e. The molecule has 150 valence electrons. The summed E-state index contributed by atoms with van der Waals surface area (Å²) in [7, 11) is 0. The van der Waals surface area contributed by atoms with Crippen molar-refractivity contribution in [2.75, 3.05) is 0 Å². The van der Waals surface area contributed by atoms with E-state index < -0.39 is 0 Å². The van der Waals surface area contributed by atoms with E-state index in [1.165, 1.54) is 44.9 Å². The zero-order valence-electron chi connectivity index (χ0n) is 17.4. The van der Waals surface area contributed by atoms with Crippen LogP contribution < -0.4 is 0 Å². The van der Waals surface area contributed by atoms with E-state index in [4.69, 9.17) is 4.74 Å². The lowest BCUT2D eigenvalue weighted by molar-refractivity contribution is -0.154. The Kier molecular flexibility index (Phi) is 15.3. The summed E-state index contributed by atoms with van der Waals surface area (Å²) in [5.74, 6) is -0.0855. The van der Waals surface area contributed by atoms with E-state index in [1.54, 1.807) is 0 Å². The van der Waals surface area contributed by atoms with Crippen molar-refractivity contribution in [1.29, 1.82) is 0 Å². The zero-order chi connectivity index (χ0) is 19.0. The van der Waals surface area contributed by atoms with E-state index in [9.17, 15) is 9.90 Å². The summed E-state index contributed by atoms with van der Waals surface area (Å²) >= 11 is 0. The molecule has 0 aromatic carbocycles. The molecule has 0 bridgehead atoms. The van der Waals surface area contributed by atoms with Crippen LogP contribution in [0.4, 0.5) is 0 Å². The molecule has 0 rings (SSSR count). The molecule has 0 aromatic rings. The molecule has 0 aliphatic carbocycles. The monoisotopic (exact) mass is 356 g/mol. The van der Waals surface area contributed by atoms with Crippen LogP contribution >= 0.6 is 0 Å². The van der Waals surface area contributed by atoms with Gasteiger partial charge in [-0.25, -0.2) is 0 Å². The summed E-state index contributed by atoms with van der Waals surface area (Å²) in [6.07, 6.45) is 16.9. The number of carbonyl (C=O) groups is 1. The molecule has 0 fully saturated rings. The Morgan fingerprint density at radius 1 is 0.800 bits per heavy atom. The molecule has 0 aliphatic rings. The predicted octanol–water partition coefficient (Wildman–Crippen LogP) is 6.56. The lowest BCUT2D eigenvalue weighted by Gasteiger charge is -2.19. The van der Waals surface area contributed by atoms with E-state index in [0.717, 1.165) is 44.9 Å². The van der Waals surface area contributed by atoms with Crippen LogP contribution in [-0.2, 0) is 9.53 Å². The lowest BCUT2D eigenvalue weighted by atomic mass is 10.0. The Morgan fingerprint density at radius 3 is 1.72 bits per heavy atom. The van der Waals surface area contributed by atoms with Crippen LogP contribution in [0.3, 0.4) is 0 Å². The lowest BCUT2D eigenvalue weighted by Crippen LogP contribution is -2.23. The van der Waals surface area contributed by atoms with Gasteiger partial charge in [0.2, 0.25) is 0 Å². The number of carbonyl (C=O) groups excluding carboxylic acids is 1. The van der Waals surface area contributed by atoms with E-state index >= 15 is 0 Å². The first-order valence-electron chi connectivity index (χ1n) is 10.7. The third-order valence-electron chi connectivity index (χ3n) is 4.48. The average molecular weight is 357 g/mol. The van der Waals surface area contributed by atoms with Crippen molar-refractivity contribution in [2.24, 2.45) is 0 Å². The van der Waals surface area contributed by atoms with E-state index in [-0.39, 0.29) is 17.7 Å². The van der Waals surface area contributed by atoms with E-state index in [0.29, 0.717) is 6.42 Å². The minimum atomic E-state index is -0.372. The standard InChI is InChI=1S/C22H44O3/c1-5-6-7-8-9-11-14-17-20(23)18-15-12-10-13-16-19-21(24)25-22(2,3)4/h20,23H,5-19H2,1-4H3. The van der Waals surface area contributed by atoms with Crippen LogP contribution in [0.25, 0.3) is 0 Å². The second-order valence-corrected chi connectivity index (χ2v) is 8.46. The van der Waals surface area contributed by atoms with Crippen molar-refractivity contribution >= 4 is 5.97 Å². The predicted molar refractivity (Wildman–Crippen MR) is 107 cm³/mol. The number of hydrogen-bond donors (Lipinski definition) is 1. The van der Waals surface area contributed by atoms with Crippen LogP contribution in [0.1, 0.15) is 124 Å². The second-order valence-electron chi connectivity index (χ2n) is 8.46. The Morgan fingerprint density at radius 2 is 1.24 bits per heavy atom. The quantitative estimate of drug-likeness (QED) is 0.251. The van der Waals surface area contributed by atoms with Crippen LogP contribution in [0.2, 0.25) is 0 Å². The molecule has 3 heteroatoms. The number of ether oxygens (including phenoxy) is 1. The third kappa shape index (κ3) is 19.6. The molecule has 1 N–H and O–H groups in total. The summed E-state index contributed by atoms with van der Waals surface area (Å²) < 4.78 is 5.30. The summed E-state index contributed by atoms with van der Waals surface area (Å²) in [6, 6.07) is 0. The molecule has 1 atom stereocenters. The molecule has 0 spiro atoms. The van der Waals surface area contributed by atoms with Gasteiger partial charge in [0.05, 0.1) is 6.10 Å². The molecule has 0 saturated heterocycles. The van der Waals surface area contributed by atoms with Crippen LogP contribution in [-0.4, -0.2) is 22.8 Å². The topological polar surface area (TPSA) is 46.5 Å². The highest BCUT2D eigenvalue weighted by atomic mass is 16.6. The van der Waals surface area contributed by atoms with Gasteiger partial charge in [0.15, 0.2) is 0 Å². The van der Waals surface area contributed by atoms with Gasteiger partial charge < -0.3 is 9.84 Å². The van der Waals surface area contributed by atoms with Gasteiger partial charge in [0.1, 0.15) is 5.60 Å². The number of unbranched alkanes of at least 4 members (excludes halogenated alkanes) is 10. The summed E-state index contributed by atoms with van der Waals surface area (Å²) in [4.78, 5) is 11.6. The minimum absolute atomic E-state index is 0.0855. The first-order chi connectivity index (χ1) is 11.8. The van der Waals surface area contributed by atoms with Crippen LogP contribution in [0.15, 0.2) is 0 Å². The van der Waals surface area contributed by atoms with Crippen molar-refractivity contribution in [3.63, 3.8) is 0 Å². The summed E-state index contributed by atoms with van der Waals surface area (Å²) in [5, 5.41) is 10.0. The first kappa shape index (κ1) is 24.4. The molecular formula is C22H44O3. The van der Waals surface area contributed by atoms with Crippen molar-refractivity contribution in [2.45, 2.75) is 136 Å². The fourth-order valence-electron chi connectivity index (χ4n) is 3.05. The molecule has 0 aromatic heterocycles. The van der Waals surface area contributed by atoms with Gasteiger partial charge in [-0.3, -0.25) is 4.79 Å². The highest BCUT2D eigenvalue weighted by Crippen LogP contribution is 2.15. The maximum absolute atomic E-state index is 11.6. The molecule has 1 unspecified atom stereocenters. The largest absolute Gasteiger partial charge is 0.460 e. The molecule has 0 aliphatic heterocycles. The van der Waals surface area contributed by atoms with Gasteiger partial charge in [-0.15, -0.1) is 0 Å². The molecule has 25 heavy (non-hydrogen) atoms.